The highest BCUT2D eigenvalue weighted by Gasteiger charge is 2.13. The fourth-order valence-electron chi connectivity index (χ4n) is 2.10. The van der Waals surface area contributed by atoms with Gasteiger partial charge in [0, 0.05) is 0 Å². The molecule has 0 saturated carbocycles. The second-order valence-electron chi connectivity index (χ2n) is 4.78. The molecule has 0 amide bonds. The fraction of sp³-hybridized carbons (Fsp3) is 0.200. The molecule has 0 aliphatic heterocycles. The van der Waals surface area contributed by atoms with Crippen molar-refractivity contribution >= 4 is 27.5 Å². The molecular formula is C15H15N3OS. The van der Waals surface area contributed by atoms with E-state index in [1.54, 1.807) is 0 Å². The van der Waals surface area contributed by atoms with Crippen LogP contribution >= 0.6 is 11.3 Å². The van der Waals surface area contributed by atoms with Gasteiger partial charge in [-0.15, -0.1) is 11.3 Å². The van der Waals surface area contributed by atoms with Crippen LogP contribution in [-0.2, 0) is 0 Å². The third kappa shape index (κ3) is 2.10. The van der Waals surface area contributed by atoms with Crippen molar-refractivity contribution in [1.29, 1.82) is 0 Å². The predicted octanol–water partition coefficient (Wildman–Crippen LogP) is 3.99. The van der Waals surface area contributed by atoms with Crippen molar-refractivity contribution in [2.24, 2.45) is 0 Å². The van der Waals surface area contributed by atoms with Crippen LogP contribution in [0.15, 0.2) is 23.6 Å². The highest BCUT2D eigenvalue weighted by Crippen LogP contribution is 2.34. The number of ether oxygens (including phenoxy) is 1. The number of anilines is 1. The van der Waals surface area contributed by atoms with E-state index < -0.39 is 0 Å². The predicted molar refractivity (Wildman–Crippen MR) is 82.6 cm³/mol. The Bertz CT molecular complexity index is 795. The quantitative estimate of drug-likeness (QED) is 0.773. The van der Waals surface area contributed by atoms with Crippen molar-refractivity contribution in [1.82, 2.24) is 9.97 Å². The molecule has 3 rings (SSSR count). The zero-order chi connectivity index (χ0) is 14.3. The minimum atomic E-state index is 0.234. The van der Waals surface area contributed by atoms with Crippen LogP contribution in [0, 0.1) is 20.8 Å². The molecule has 0 unspecified atom stereocenters. The lowest BCUT2D eigenvalue weighted by Gasteiger charge is -2.13. The third-order valence-corrected chi connectivity index (χ3v) is 4.19. The molecule has 1 aromatic carbocycles. The smallest absolute Gasteiger partial charge is 0.232 e. The van der Waals surface area contributed by atoms with Crippen LogP contribution in [0.2, 0.25) is 0 Å². The highest BCUT2D eigenvalue weighted by molar-refractivity contribution is 7.16. The van der Waals surface area contributed by atoms with Crippen molar-refractivity contribution < 1.29 is 4.74 Å². The van der Waals surface area contributed by atoms with Gasteiger partial charge in [-0.05, 0) is 48.9 Å². The maximum absolute atomic E-state index is 6.05. The number of aromatic nitrogens is 2. The first-order chi connectivity index (χ1) is 9.56. The maximum Gasteiger partial charge on any atom is 0.232 e. The Kier molecular flexibility index (Phi) is 3.06. The van der Waals surface area contributed by atoms with Crippen molar-refractivity contribution in [2.75, 3.05) is 5.73 Å². The van der Waals surface area contributed by atoms with Gasteiger partial charge in [0.05, 0.1) is 5.39 Å². The van der Waals surface area contributed by atoms with Gasteiger partial charge < -0.3 is 10.5 Å². The number of aryl methyl sites for hydroxylation is 2. The van der Waals surface area contributed by atoms with Crippen LogP contribution in [0.25, 0.3) is 10.2 Å². The molecule has 20 heavy (non-hydrogen) atoms. The van der Waals surface area contributed by atoms with Crippen molar-refractivity contribution in [3.8, 4) is 11.6 Å². The summed E-state index contributed by atoms with van der Waals surface area (Å²) >= 11 is 1.53. The molecule has 102 valence electrons. The molecular weight excluding hydrogens is 270 g/mol. The Morgan fingerprint density at radius 3 is 2.60 bits per heavy atom. The Labute approximate surface area is 121 Å². The topological polar surface area (TPSA) is 61.0 Å². The first-order valence-electron chi connectivity index (χ1n) is 6.31. The molecule has 2 N–H and O–H groups in total. The summed E-state index contributed by atoms with van der Waals surface area (Å²) in [5.74, 6) is 1.60. The SMILES string of the molecule is Cc1ccc(C)c(Oc2nc(N)nc3sccc23)c1C. The number of benzene rings is 1. The summed E-state index contributed by atoms with van der Waals surface area (Å²) in [5, 5.41) is 2.85. The van der Waals surface area contributed by atoms with Crippen LogP contribution in [0.4, 0.5) is 5.95 Å². The lowest BCUT2D eigenvalue weighted by molar-refractivity contribution is 0.462. The number of nitrogens with zero attached hydrogens (tertiary/aromatic N) is 2. The van der Waals surface area contributed by atoms with Gasteiger partial charge in [-0.1, -0.05) is 12.1 Å². The molecule has 2 heterocycles. The molecule has 0 saturated heterocycles. The van der Waals surface area contributed by atoms with E-state index in [9.17, 15) is 0 Å². The van der Waals surface area contributed by atoms with Gasteiger partial charge in [-0.2, -0.15) is 4.98 Å². The van der Waals surface area contributed by atoms with Crippen LogP contribution in [0.3, 0.4) is 0 Å². The number of nitrogen functional groups attached to an aromatic ring is 1. The number of hydrogen-bond acceptors (Lipinski definition) is 5. The van der Waals surface area contributed by atoms with E-state index in [1.165, 1.54) is 16.9 Å². The second kappa shape index (κ2) is 4.76. The van der Waals surface area contributed by atoms with Gasteiger partial charge in [-0.25, -0.2) is 4.98 Å². The van der Waals surface area contributed by atoms with Crippen LogP contribution < -0.4 is 10.5 Å². The molecule has 0 spiro atoms. The van der Waals surface area contributed by atoms with E-state index in [4.69, 9.17) is 10.5 Å². The summed E-state index contributed by atoms with van der Waals surface area (Å²) in [4.78, 5) is 9.28. The summed E-state index contributed by atoms with van der Waals surface area (Å²) in [7, 11) is 0. The molecule has 0 aliphatic rings. The molecule has 2 aromatic heterocycles. The van der Waals surface area contributed by atoms with Crippen LogP contribution in [0.1, 0.15) is 16.7 Å². The van der Waals surface area contributed by atoms with Crippen LogP contribution in [0.5, 0.6) is 11.6 Å². The van der Waals surface area contributed by atoms with Crippen molar-refractivity contribution in [3.05, 3.63) is 40.3 Å². The lowest BCUT2D eigenvalue weighted by Crippen LogP contribution is -1.99. The Balaban J connectivity index is 2.14. The molecule has 0 fully saturated rings. The van der Waals surface area contributed by atoms with E-state index in [0.29, 0.717) is 5.88 Å². The first-order valence-corrected chi connectivity index (χ1v) is 7.19. The Hall–Kier alpha value is -2.14. The molecule has 0 aliphatic carbocycles. The van der Waals surface area contributed by atoms with Crippen molar-refractivity contribution in [3.63, 3.8) is 0 Å². The van der Waals surface area contributed by atoms with Crippen molar-refractivity contribution in [2.45, 2.75) is 20.8 Å². The minimum Gasteiger partial charge on any atom is -0.438 e. The molecule has 0 radical (unpaired) electrons. The van der Waals surface area contributed by atoms with E-state index in [2.05, 4.69) is 23.0 Å². The molecule has 0 atom stereocenters. The lowest BCUT2D eigenvalue weighted by atomic mass is 10.1. The summed E-state index contributed by atoms with van der Waals surface area (Å²) in [6.45, 7) is 6.14. The molecule has 5 heteroatoms. The summed E-state index contributed by atoms with van der Waals surface area (Å²) in [6.07, 6.45) is 0. The highest BCUT2D eigenvalue weighted by atomic mass is 32.1. The van der Waals surface area contributed by atoms with Gasteiger partial charge in [0.1, 0.15) is 10.6 Å². The second-order valence-corrected chi connectivity index (χ2v) is 5.68. The van der Waals surface area contributed by atoms with E-state index in [0.717, 1.165) is 27.1 Å². The normalized spacial score (nSPS) is 10.9. The number of fused-ring (bicyclic) bond motifs is 1. The standard InChI is InChI=1S/C15H15N3OS/c1-8-4-5-9(2)12(10(8)3)19-13-11-6-7-20-14(11)18-15(16)17-13/h4-7H,1-3H3,(H2,16,17,18). The zero-order valence-corrected chi connectivity index (χ0v) is 12.4. The minimum absolute atomic E-state index is 0.234. The van der Waals surface area contributed by atoms with Gasteiger partial charge in [0.15, 0.2) is 0 Å². The number of rotatable bonds is 2. The molecule has 3 aromatic rings. The number of thiophene rings is 1. The van der Waals surface area contributed by atoms with E-state index in [1.807, 2.05) is 31.4 Å². The maximum atomic E-state index is 6.05. The summed E-state index contributed by atoms with van der Waals surface area (Å²) < 4.78 is 6.05. The Morgan fingerprint density at radius 1 is 1.05 bits per heavy atom. The molecule has 0 bridgehead atoms. The third-order valence-electron chi connectivity index (χ3n) is 3.38. The largest absolute Gasteiger partial charge is 0.438 e. The van der Waals surface area contributed by atoms with Crippen LogP contribution in [-0.4, -0.2) is 9.97 Å². The van der Waals surface area contributed by atoms with Gasteiger partial charge in [-0.3, -0.25) is 0 Å². The zero-order valence-electron chi connectivity index (χ0n) is 11.6. The van der Waals surface area contributed by atoms with Gasteiger partial charge >= 0.3 is 0 Å². The fourth-order valence-corrected chi connectivity index (χ4v) is 2.86. The van der Waals surface area contributed by atoms with Gasteiger partial charge in [0.25, 0.3) is 0 Å². The van der Waals surface area contributed by atoms with Gasteiger partial charge in [0.2, 0.25) is 11.8 Å². The number of hydrogen-bond donors (Lipinski definition) is 1. The molecule has 4 nitrogen and oxygen atoms in total. The summed E-state index contributed by atoms with van der Waals surface area (Å²) in [5.41, 5.74) is 9.13. The Morgan fingerprint density at radius 2 is 1.80 bits per heavy atom. The first kappa shape index (κ1) is 12.9. The summed E-state index contributed by atoms with van der Waals surface area (Å²) in [6, 6.07) is 6.09. The monoisotopic (exact) mass is 285 g/mol. The average molecular weight is 285 g/mol. The average Bonchev–Trinajstić information content (AvgIpc) is 2.87. The van der Waals surface area contributed by atoms with E-state index >= 15 is 0 Å². The number of nitrogens with two attached hydrogens (primary N) is 1. The van der Waals surface area contributed by atoms with E-state index in [-0.39, 0.29) is 5.95 Å².